The summed E-state index contributed by atoms with van der Waals surface area (Å²) < 4.78 is 18.1. The average molecular weight is 619 g/mol. The normalized spacial score (nSPS) is 46.5. The van der Waals surface area contributed by atoms with E-state index in [0.717, 1.165) is 37.7 Å². The molecule has 13 unspecified atom stereocenters. The molecule has 1 heterocycles. The Hall–Kier alpha value is -1.29. The van der Waals surface area contributed by atoms with Crippen molar-refractivity contribution in [1.29, 1.82) is 0 Å². The molecule has 4 aliphatic carbocycles. The average Bonchev–Trinajstić information content (AvgIpc) is 3.52. The number of hydrogen-bond donors (Lipinski definition) is 4. The number of rotatable bonds is 7. The molecule has 8 heteroatoms. The summed E-state index contributed by atoms with van der Waals surface area (Å²) in [5.74, 6) is 0.440. The molecule has 44 heavy (non-hydrogen) atoms. The van der Waals surface area contributed by atoms with Gasteiger partial charge in [-0.2, -0.15) is 0 Å². The second kappa shape index (κ2) is 11.4. The van der Waals surface area contributed by atoms with Crippen molar-refractivity contribution in [2.45, 2.75) is 137 Å². The van der Waals surface area contributed by atoms with Gasteiger partial charge in [-0.15, -0.1) is 0 Å². The van der Waals surface area contributed by atoms with E-state index in [1.165, 1.54) is 12.5 Å². The molecule has 1 aliphatic heterocycles. The largest absolute Gasteiger partial charge is 0.459 e. The highest BCUT2D eigenvalue weighted by Gasteiger charge is 2.69. The van der Waals surface area contributed by atoms with Crippen molar-refractivity contribution < 1.29 is 39.4 Å². The predicted octanol–water partition coefficient (Wildman–Crippen LogP) is 4.92. The van der Waals surface area contributed by atoms with Crippen molar-refractivity contribution in [1.82, 2.24) is 0 Å². The fourth-order valence-electron chi connectivity index (χ4n) is 11.2. The number of methoxy groups -OCH3 is 1. The molecule has 4 N–H and O–H groups in total. The molecule has 0 aromatic heterocycles. The van der Waals surface area contributed by atoms with Gasteiger partial charge in [-0.05, 0) is 94.3 Å². The maximum absolute atomic E-state index is 12.6. The summed E-state index contributed by atoms with van der Waals surface area (Å²) in [4.78, 5) is 12.6. The van der Waals surface area contributed by atoms with E-state index < -0.39 is 36.8 Å². The smallest absolute Gasteiger partial charge is 0.330 e. The number of carbonyl (C=O) groups excluding carboxylic acids is 1. The van der Waals surface area contributed by atoms with Crippen LogP contribution < -0.4 is 0 Å². The Morgan fingerprint density at radius 2 is 1.82 bits per heavy atom. The fourth-order valence-corrected chi connectivity index (χ4v) is 11.2. The maximum atomic E-state index is 12.6. The van der Waals surface area contributed by atoms with E-state index in [-0.39, 0.29) is 51.5 Å². The van der Waals surface area contributed by atoms with Crippen LogP contribution in [0, 0.1) is 45.3 Å². The molecule has 5 rings (SSSR count). The van der Waals surface area contributed by atoms with Gasteiger partial charge in [-0.25, -0.2) is 4.79 Å². The van der Waals surface area contributed by atoms with Gasteiger partial charge in [0.15, 0.2) is 6.29 Å². The summed E-state index contributed by atoms with van der Waals surface area (Å²) in [7, 11) is 1.63. The van der Waals surface area contributed by atoms with Gasteiger partial charge < -0.3 is 34.6 Å². The molecule has 0 aromatic carbocycles. The summed E-state index contributed by atoms with van der Waals surface area (Å²) in [6.07, 6.45) is 6.68. The first-order valence-corrected chi connectivity index (χ1v) is 16.8. The van der Waals surface area contributed by atoms with Crippen LogP contribution in [0.1, 0.15) is 100 Å². The van der Waals surface area contributed by atoms with Gasteiger partial charge in [0.1, 0.15) is 17.8 Å². The van der Waals surface area contributed by atoms with Crippen LogP contribution in [0.15, 0.2) is 23.3 Å². The van der Waals surface area contributed by atoms with E-state index in [1.807, 2.05) is 13.8 Å². The highest BCUT2D eigenvalue weighted by Crippen LogP contribution is 2.73. The number of hydrogen-bond acceptors (Lipinski definition) is 8. The van der Waals surface area contributed by atoms with E-state index in [2.05, 4.69) is 40.7 Å². The summed E-state index contributed by atoms with van der Waals surface area (Å²) in [6, 6.07) is 0. The van der Waals surface area contributed by atoms with Crippen molar-refractivity contribution in [3.8, 4) is 0 Å². The lowest BCUT2D eigenvalue weighted by molar-refractivity contribution is -0.220. The van der Waals surface area contributed by atoms with Crippen LogP contribution in [0.3, 0.4) is 0 Å². The second-order valence-corrected chi connectivity index (χ2v) is 16.7. The van der Waals surface area contributed by atoms with Gasteiger partial charge in [0.25, 0.3) is 0 Å². The van der Waals surface area contributed by atoms with E-state index in [0.29, 0.717) is 18.8 Å². The van der Waals surface area contributed by atoms with Crippen LogP contribution in [-0.4, -0.2) is 76.4 Å². The van der Waals surface area contributed by atoms with Gasteiger partial charge >= 0.3 is 5.97 Å². The number of carbonyl (C=O) groups is 1. The first-order chi connectivity index (χ1) is 20.4. The minimum absolute atomic E-state index is 0.00183. The zero-order valence-corrected chi connectivity index (χ0v) is 28.4. The van der Waals surface area contributed by atoms with Gasteiger partial charge in [0.05, 0.1) is 18.8 Å². The van der Waals surface area contributed by atoms with E-state index in [4.69, 9.17) is 14.2 Å². The summed E-state index contributed by atoms with van der Waals surface area (Å²) >= 11 is 0. The van der Waals surface area contributed by atoms with Crippen LogP contribution in [0.5, 0.6) is 0 Å². The highest BCUT2D eigenvalue weighted by molar-refractivity contribution is 5.82. The Morgan fingerprint density at radius 1 is 1.14 bits per heavy atom. The first-order valence-electron chi connectivity index (χ1n) is 16.8. The molecule has 250 valence electrons. The molecular formula is C36H58O8. The van der Waals surface area contributed by atoms with Crippen LogP contribution in [-0.2, 0) is 19.0 Å². The first kappa shape index (κ1) is 34.1. The Labute approximate surface area is 264 Å². The lowest BCUT2D eigenvalue weighted by Crippen LogP contribution is -2.65. The van der Waals surface area contributed by atoms with Crippen molar-refractivity contribution in [2.75, 3.05) is 13.7 Å². The molecular weight excluding hydrogens is 560 g/mol. The molecule has 0 aromatic rings. The lowest BCUT2D eigenvalue weighted by Gasteiger charge is -2.68. The number of aliphatic hydroxyl groups is 4. The van der Waals surface area contributed by atoms with Crippen molar-refractivity contribution in [3.05, 3.63) is 23.3 Å². The zero-order chi connectivity index (χ0) is 32.6. The molecule has 0 amide bonds. The number of ether oxygens (including phenoxy) is 3. The monoisotopic (exact) mass is 618 g/mol. The number of fused-ring (bicyclic) bond motifs is 5. The molecule has 1 saturated heterocycles. The Balaban J connectivity index is 1.40. The standard InChI is InChI=1S/C36H58O8/c1-20(2)16-29(39)44-28-13-15-34(6)25-12-14-33(5)22(21-17-23(43-31(21)42-9)30(40)35(7,41)19-37)10-11-24(33)36(25,8)27(38)18-26(34)32(28,3)4/h11,16,21-23,25-28,30-31,37-38,40-41H,10,12-15,17-19H2,1-9H3. The van der Waals surface area contributed by atoms with E-state index >= 15 is 0 Å². The zero-order valence-electron chi connectivity index (χ0n) is 28.4. The van der Waals surface area contributed by atoms with Gasteiger partial charge in [-0.1, -0.05) is 51.8 Å². The summed E-state index contributed by atoms with van der Waals surface area (Å²) in [6.45, 7) is 16.2. The molecule has 5 aliphatic rings. The van der Waals surface area contributed by atoms with Crippen LogP contribution in [0.2, 0.25) is 0 Å². The minimum Gasteiger partial charge on any atom is -0.459 e. The molecule has 3 saturated carbocycles. The quantitative estimate of drug-likeness (QED) is 0.180. The third-order valence-corrected chi connectivity index (χ3v) is 13.6. The summed E-state index contributed by atoms with van der Waals surface area (Å²) in [5, 5.41) is 43.3. The minimum atomic E-state index is -1.67. The van der Waals surface area contributed by atoms with Crippen molar-refractivity contribution in [2.24, 2.45) is 45.3 Å². The topological polar surface area (TPSA) is 126 Å². The predicted molar refractivity (Wildman–Crippen MR) is 167 cm³/mol. The Bertz CT molecular complexity index is 1170. The van der Waals surface area contributed by atoms with Crippen LogP contribution in [0.4, 0.5) is 0 Å². The number of esters is 1. The SMILES string of the molecule is COC1OC(C(O)C(C)(O)CO)CC1C1CC=C2C1(C)CCC1C3(C)CCC(OC(=O)C=C(C)C)C(C)(C)C3CC(O)C21C. The van der Waals surface area contributed by atoms with Gasteiger partial charge in [0.2, 0.25) is 0 Å². The highest BCUT2D eigenvalue weighted by atomic mass is 16.7. The fraction of sp³-hybridized carbons (Fsp3) is 0.861. The van der Waals surface area contributed by atoms with Gasteiger partial charge in [-0.3, -0.25) is 0 Å². The van der Waals surface area contributed by atoms with E-state index in [9.17, 15) is 25.2 Å². The molecule has 0 spiro atoms. The molecule has 0 radical (unpaired) electrons. The lowest BCUT2D eigenvalue weighted by atomic mass is 9.37. The molecule has 8 nitrogen and oxygen atoms in total. The Kier molecular flexibility index (Phi) is 8.86. The maximum Gasteiger partial charge on any atom is 0.330 e. The van der Waals surface area contributed by atoms with Crippen LogP contribution in [0.25, 0.3) is 0 Å². The van der Waals surface area contributed by atoms with Crippen molar-refractivity contribution in [3.63, 3.8) is 0 Å². The second-order valence-electron chi connectivity index (χ2n) is 16.7. The number of allylic oxidation sites excluding steroid dienone is 2. The number of aliphatic hydroxyl groups excluding tert-OH is 3. The van der Waals surface area contributed by atoms with E-state index in [1.54, 1.807) is 13.2 Å². The molecule has 0 bridgehead atoms. The van der Waals surface area contributed by atoms with Gasteiger partial charge in [0, 0.05) is 29.9 Å². The van der Waals surface area contributed by atoms with Crippen LogP contribution >= 0.6 is 0 Å². The third-order valence-electron chi connectivity index (χ3n) is 13.6. The molecule has 13 atom stereocenters. The summed E-state index contributed by atoms with van der Waals surface area (Å²) in [5.41, 5.74) is -0.200. The Morgan fingerprint density at radius 3 is 2.43 bits per heavy atom. The third kappa shape index (κ3) is 5.05. The molecule has 4 fully saturated rings. The van der Waals surface area contributed by atoms with Crippen molar-refractivity contribution >= 4 is 5.97 Å².